The lowest BCUT2D eigenvalue weighted by atomic mass is 10.2. The lowest BCUT2D eigenvalue weighted by Crippen LogP contribution is -2.37. The van der Waals surface area contributed by atoms with Gasteiger partial charge >= 0.3 is 0 Å². The molecule has 0 unspecified atom stereocenters. The minimum absolute atomic E-state index is 0.000950. The molecule has 0 bridgehead atoms. The maximum atomic E-state index is 14.1. The summed E-state index contributed by atoms with van der Waals surface area (Å²) in [5.74, 6) is -0.532. The number of anilines is 1. The lowest BCUT2D eigenvalue weighted by Gasteiger charge is -2.32. The normalized spacial score (nSPS) is 14.4. The second-order valence-electron chi connectivity index (χ2n) is 4.96. The summed E-state index contributed by atoms with van der Waals surface area (Å²) < 4.78 is 27.8. The van der Waals surface area contributed by atoms with Crippen molar-refractivity contribution in [1.82, 2.24) is 15.0 Å². The Morgan fingerprint density at radius 1 is 1.14 bits per heavy atom. The highest BCUT2D eigenvalue weighted by Gasteiger charge is 2.23. The molecule has 1 aromatic carbocycles. The van der Waals surface area contributed by atoms with Gasteiger partial charge in [-0.3, -0.25) is 0 Å². The van der Waals surface area contributed by atoms with Gasteiger partial charge in [-0.25, -0.2) is 23.7 Å². The summed E-state index contributed by atoms with van der Waals surface area (Å²) in [6, 6.07) is 1.97. The number of halogens is 3. The first-order valence-corrected chi connectivity index (χ1v) is 7.90. The van der Waals surface area contributed by atoms with Crippen molar-refractivity contribution < 1.29 is 8.78 Å². The SMILES string of the molecule is Fc1cc(-c2nc(N3CCC3)c3ncsc3n2)c(F)cc1Cl. The summed E-state index contributed by atoms with van der Waals surface area (Å²) in [4.78, 5) is 15.7. The molecule has 1 fully saturated rings. The molecule has 1 saturated heterocycles. The molecule has 0 atom stereocenters. The number of thiazole rings is 1. The smallest absolute Gasteiger partial charge is 0.166 e. The Labute approximate surface area is 133 Å². The third kappa shape index (κ3) is 2.12. The monoisotopic (exact) mass is 338 g/mol. The number of hydrogen-bond donors (Lipinski definition) is 0. The third-order valence-electron chi connectivity index (χ3n) is 3.59. The third-order valence-corrected chi connectivity index (χ3v) is 4.59. The highest BCUT2D eigenvalue weighted by atomic mass is 35.5. The molecule has 0 radical (unpaired) electrons. The minimum atomic E-state index is -0.698. The number of nitrogens with zero attached hydrogens (tertiary/aromatic N) is 4. The Balaban J connectivity index is 1.93. The Kier molecular flexibility index (Phi) is 3.19. The van der Waals surface area contributed by atoms with Gasteiger partial charge in [-0.15, -0.1) is 11.3 Å². The van der Waals surface area contributed by atoms with E-state index >= 15 is 0 Å². The molecule has 0 spiro atoms. The first-order chi connectivity index (χ1) is 10.6. The molecule has 0 saturated carbocycles. The van der Waals surface area contributed by atoms with E-state index in [4.69, 9.17) is 11.6 Å². The Morgan fingerprint density at radius 3 is 2.68 bits per heavy atom. The minimum Gasteiger partial charge on any atom is -0.355 e. The topological polar surface area (TPSA) is 41.9 Å². The van der Waals surface area contributed by atoms with Crippen LogP contribution in [0.1, 0.15) is 6.42 Å². The van der Waals surface area contributed by atoms with Crippen molar-refractivity contribution in [3.05, 3.63) is 34.3 Å². The van der Waals surface area contributed by atoms with Gasteiger partial charge in [0.25, 0.3) is 0 Å². The molecule has 1 aliphatic rings. The molecular weight excluding hydrogens is 330 g/mol. The molecule has 2 aromatic heterocycles. The summed E-state index contributed by atoms with van der Waals surface area (Å²) in [6.45, 7) is 1.75. The zero-order valence-electron chi connectivity index (χ0n) is 11.2. The molecule has 0 N–H and O–H groups in total. The molecule has 4 rings (SSSR count). The molecule has 0 amide bonds. The number of fused-ring (bicyclic) bond motifs is 1. The predicted octanol–water partition coefficient (Wildman–Crippen LogP) is 3.90. The van der Waals surface area contributed by atoms with Crippen molar-refractivity contribution >= 4 is 39.1 Å². The summed E-state index contributed by atoms with van der Waals surface area (Å²) in [5.41, 5.74) is 2.37. The van der Waals surface area contributed by atoms with E-state index in [1.54, 1.807) is 5.51 Å². The van der Waals surface area contributed by atoms with Crippen LogP contribution in [0.2, 0.25) is 5.02 Å². The van der Waals surface area contributed by atoms with E-state index in [1.165, 1.54) is 11.3 Å². The first-order valence-electron chi connectivity index (χ1n) is 6.64. The van der Waals surface area contributed by atoms with Crippen molar-refractivity contribution in [1.29, 1.82) is 0 Å². The van der Waals surface area contributed by atoms with Gasteiger partial charge in [0.15, 0.2) is 11.6 Å². The maximum absolute atomic E-state index is 14.1. The van der Waals surface area contributed by atoms with Crippen molar-refractivity contribution in [2.75, 3.05) is 18.0 Å². The van der Waals surface area contributed by atoms with Crippen LogP contribution >= 0.6 is 22.9 Å². The number of aromatic nitrogens is 3. The summed E-state index contributed by atoms with van der Waals surface area (Å²) in [7, 11) is 0. The fourth-order valence-corrected chi connectivity index (χ4v) is 3.11. The van der Waals surface area contributed by atoms with E-state index in [0.717, 1.165) is 31.6 Å². The molecule has 3 aromatic rings. The molecule has 3 heterocycles. The Hall–Kier alpha value is -1.86. The van der Waals surface area contributed by atoms with Crippen LogP contribution in [0.15, 0.2) is 17.6 Å². The van der Waals surface area contributed by atoms with E-state index < -0.39 is 11.6 Å². The summed E-state index contributed by atoms with van der Waals surface area (Å²) in [6.07, 6.45) is 1.08. The fourth-order valence-electron chi connectivity index (χ4n) is 2.31. The number of rotatable bonds is 2. The van der Waals surface area contributed by atoms with Gasteiger partial charge in [0, 0.05) is 13.1 Å². The zero-order valence-corrected chi connectivity index (χ0v) is 12.8. The summed E-state index contributed by atoms with van der Waals surface area (Å²) >= 11 is 6.94. The van der Waals surface area contributed by atoms with Crippen LogP contribution in [0, 0.1) is 11.6 Å². The average Bonchev–Trinajstić information content (AvgIpc) is 2.89. The van der Waals surface area contributed by atoms with Crippen molar-refractivity contribution in [3.8, 4) is 11.4 Å². The molecule has 8 heteroatoms. The number of benzene rings is 1. The van der Waals surface area contributed by atoms with Crippen LogP contribution < -0.4 is 4.90 Å². The van der Waals surface area contributed by atoms with Crippen molar-refractivity contribution in [2.45, 2.75) is 6.42 Å². The zero-order chi connectivity index (χ0) is 15.3. The Bertz CT molecular complexity index is 879. The molecular formula is C14H9ClF2N4S. The highest BCUT2D eigenvalue weighted by Crippen LogP contribution is 2.32. The standard InChI is InChI=1S/C14H9ClF2N4S/c15-8-5-9(16)7(4-10(8)17)12-19-13(21-2-1-3-21)11-14(20-12)22-6-18-11/h4-6H,1-3H2. The van der Waals surface area contributed by atoms with Crippen molar-refractivity contribution in [3.63, 3.8) is 0 Å². The molecule has 1 aliphatic heterocycles. The van der Waals surface area contributed by atoms with Crippen LogP contribution in [0.25, 0.3) is 21.7 Å². The molecule has 22 heavy (non-hydrogen) atoms. The van der Waals surface area contributed by atoms with Crippen LogP contribution in [-0.4, -0.2) is 28.0 Å². The van der Waals surface area contributed by atoms with Crippen molar-refractivity contribution in [2.24, 2.45) is 0 Å². The maximum Gasteiger partial charge on any atom is 0.166 e. The van der Waals surface area contributed by atoms with E-state index in [1.807, 2.05) is 0 Å². The van der Waals surface area contributed by atoms with E-state index in [2.05, 4.69) is 19.9 Å². The van der Waals surface area contributed by atoms with Crippen LogP contribution in [0.3, 0.4) is 0 Å². The van der Waals surface area contributed by atoms with Crippen LogP contribution in [0.4, 0.5) is 14.6 Å². The first kappa shape index (κ1) is 13.8. The average molecular weight is 339 g/mol. The Morgan fingerprint density at radius 2 is 1.95 bits per heavy atom. The van der Waals surface area contributed by atoms with E-state index in [9.17, 15) is 8.78 Å². The fraction of sp³-hybridized carbons (Fsp3) is 0.214. The van der Waals surface area contributed by atoms with Gasteiger partial charge in [-0.1, -0.05) is 11.6 Å². The van der Waals surface area contributed by atoms with E-state index in [-0.39, 0.29) is 16.4 Å². The van der Waals surface area contributed by atoms with Gasteiger partial charge in [-0.2, -0.15) is 0 Å². The second-order valence-corrected chi connectivity index (χ2v) is 6.20. The lowest BCUT2D eigenvalue weighted by molar-refractivity contribution is 0.601. The number of hydrogen-bond acceptors (Lipinski definition) is 5. The van der Waals surface area contributed by atoms with Crippen LogP contribution in [-0.2, 0) is 0 Å². The second kappa shape index (κ2) is 5.10. The molecule has 4 nitrogen and oxygen atoms in total. The predicted molar refractivity (Wildman–Crippen MR) is 82.4 cm³/mol. The van der Waals surface area contributed by atoms with Gasteiger partial charge in [0.05, 0.1) is 16.1 Å². The largest absolute Gasteiger partial charge is 0.355 e. The van der Waals surface area contributed by atoms with Gasteiger partial charge in [0.1, 0.15) is 22.0 Å². The molecule has 0 aliphatic carbocycles. The van der Waals surface area contributed by atoms with E-state index in [0.29, 0.717) is 16.2 Å². The summed E-state index contributed by atoms with van der Waals surface area (Å²) in [5, 5.41) is -0.261. The quantitative estimate of drug-likeness (QED) is 0.665. The van der Waals surface area contributed by atoms with Crippen LogP contribution in [0.5, 0.6) is 0 Å². The molecule has 112 valence electrons. The van der Waals surface area contributed by atoms with Gasteiger partial charge in [-0.05, 0) is 18.6 Å². The highest BCUT2D eigenvalue weighted by molar-refractivity contribution is 7.16. The van der Waals surface area contributed by atoms with Gasteiger partial charge < -0.3 is 4.90 Å². The van der Waals surface area contributed by atoms with Gasteiger partial charge in [0.2, 0.25) is 0 Å².